The zero-order valence-corrected chi connectivity index (χ0v) is 14.3. The first-order chi connectivity index (χ1) is 12.4. The first kappa shape index (κ1) is 17.0. The van der Waals surface area contributed by atoms with Crippen molar-refractivity contribution in [2.45, 2.75) is 11.8 Å². The molecule has 0 bridgehead atoms. The maximum atomic E-state index is 14.2. The summed E-state index contributed by atoms with van der Waals surface area (Å²) in [6.07, 6.45) is -1.13. The molecular weight excluding hydrogens is 367 g/mol. The molecule has 26 heavy (non-hydrogen) atoms. The number of fused-ring (bicyclic) bond motifs is 2. The molecule has 1 aliphatic rings. The Labute approximate surface area is 152 Å². The van der Waals surface area contributed by atoms with Crippen molar-refractivity contribution < 1.29 is 22.6 Å². The van der Waals surface area contributed by atoms with Gasteiger partial charge >= 0.3 is 6.18 Å². The number of ether oxygens (including phenoxy) is 2. The minimum Gasteiger partial charge on any atom is -0.455 e. The maximum absolute atomic E-state index is 14.2. The molecule has 0 fully saturated rings. The van der Waals surface area contributed by atoms with E-state index in [1.54, 1.807) is 29.1 Å². The lowest BCUT2D eigenvalue weighted by molar-refractivity contribution is -0.260. The van der Waals surface area contributed by atoms with Crippen LogP contribution in [0.3, 0.4) is 0 Å². The number of aromatic nitrogens is 1. The van der Waals surface area contributed by atoms with E-state index in [4.69, 9.17) is 21.1 Å². The minimum absolute atomic E-state index is 0.0505. The molecule has 3 nitrogen and oxygen atoms in total. The predicted octanol–water partition coefficient (Wildman–Crippen LogP) is 5.69. The average Bonchev–Trinajstić information content (AvgIpc) is 3.13. The van der Waals surface area contributed by atoms with Crippen molar-refractivity contribution in [1.29, 1.82) is 0 Å². The normalized spacial score (nSPS) is 18.8. The molecule has 4 rings (SSSR count). The number of benzene rings is 2. The summed E-state index contributed by atoms with van der Waals surface area (Å²) in [5, 5.41) is 0.0881. The first-order valence-electron chi connectivity index (χ1n) is 7.75. The minimum atomic E-state index is -4.71. The third kappa shape index (κ3) is 2.26. The highest BCUT2D eigenvalue weighted by Gasteiger charge is 2.62. The van der Waals surface area contributed by atoms with Crippen molar-refractivity contribution in [3.05, 3.63) is 77.1 Å². The number of rotatable bonds is 2. The SMILES string of the molecule is CO[C@@]1(C(F)(F)F)c2ccc(-n3cccc3)cc2Oc2c(Cl)cccc21. The van der Waals surface area contributed by atoms with Crippen molar-refractivity contribution >= 4 is 11.6 Å². The Hall–Kier alpha value is -2.44. The predicted molar refractivity (Wildman–Crippen MR) is 91.1 cm³/mol. The van der Waals surface area contributed by atoms with E-state index >= 15 is 0 Å². The standard InChI is InChI=1S/C19H13ClF3NO2/c1-25-18(19(21,22)23)13-8-7-12(24-9-2-3-10-24)11-16(13)26-17-14(18)5-4-6-15(17)20/h2-11H,1H3/t18-/m0/s1. The van der Waals surface area contributed by atoms with Gasteiger partial charge in [-0.3, -0.25) is 0 Å². The van der Waals surface area contributed by atoms with Gasteiger partial charge in [0.2, 0.25) is 5.60 Å². The van der Waals surface area contributed by atoms with Crippen molar-refractivity contribution in [3.63, 3.8) is 0 Å². The molecule has 0 saturated heterocycles. The van der Waals surface area contributed by atoms with Crippen LogP contribution >= 0.6 is 11.6 Å². The second kappa shape index (κ2) is 5.79. The van der Waals surface area contributed by atoms with Gasteiger partial charge in [-0.05, 0) is 30.3 Å². The Morgan fingerprint density at radius 3 is 2.42 bits per heavy atom. The lowest BCUT2D eigenvalue weighted by Gasteiger charge is -2.40. The van der Waals surface area contributed by atoms with Gasteiger partial charge in [0.05, 0.1) is 5.02 Å². The van der Waals surface area contributed by atoms with Crippen LogP contribution in [0.1, 0.15) is 11.1 Å². The summed E-state index contributed by atoms with van der Waals surface area (Å²) in [6, 6.07) is 12.4. The second-order valence-electron chi connectivity index (χ2n) is 5.87. The topological polar surface area (TPSA) is 23.4 Å². The van der Waals surface area contributed by atoms with Gasteiger partial charge < -0.3 is 14.0 Å². The number of halogens is 4. The van der Waals surface area contributed by atoms with Gasteiger partial charge in [0.15, 0.2) is 5.75 Å². The molecule has 1 aliphatic heterocycles. The zero-order valence-electron chi connectivity index (χ0n) is 13.5. The monoisotopic (exact) mass is 379 g/mol. The van der Waals surface area contributed by atoms with E-state index < -0.39 is 11.8 Å². The molecule has 3 aromatic rings. The van der Waals surface area contributed by atoms with Crippen LogP contribution < -0.4 is 4.74 Å². The molecule has 1 atom stereocenters. The molecule has 0 spiro atoms. The van der Waals surface area contributed by atoms with Gasteiger partial charge in [-0.25, -0.2) is 0 Å². The first-order valence-corrected chi connectivity index (χ1v) is 8.13. The molecule has 0 aliphatic carbocycles. The van der Waals surface area contributed by atoms with Crippen LogP contribution in [0, 0.1) is 0 Å². The number of para-hydroxylation sites is 1. The van der Waals surface area contributed by atoms with Crippen molar-refractivity contribution in [2.75, 3.05) is 7.11 Å². The molecule has 2 heterocycles. The molecule has 1 aromatic heterocycles. The number of nitrogens with zero attached hydrogens (tertiary/aromatic N) is 1. The van der Waals surface area contributed by atoms with Crippen molar-refractivity contribution in [1.82, 2.24) is 4.57 Å². The van der Waals surface area contributed by atoms with E-state index in [0.717, 1.165) is 7.11 Å². The lowest BCUT2D eigenvalue weighted by Crippen LogP contribution is -2.47. The highest BCUT2D eigenvalue weighted by Crippen LogP contribution is 2.57. The molecule has 134 valence electrons. The van der Waals surface area contributed by atoms with Crippen LogP contribution in [-0.4, -0.2) is 17.9 Å². The lowest BCUT2D eigenvalue weighted by atomic mass is 9.82. The smallest absolute Gasteiger partial charge is 0.426 e. The highest BCUT2D eigenvalue weighted by atomic mass is 35.5. The number of methoxy groups -OCH3 is 1. The van der Waals surface area contributed by atoms with Gasteiger partial charge in [-0.15, -0.1) is 0 Å². The van der Waals surface area contributed by atoms with E-state index in [1.807, 2.05) is 12.1 Å². The van der Waals surface area contributed by atoms with Gasteiger partial charge in [0, 0.05) is 42.4 Å². The quantitative estimate of drug-likeness (QED) is 0.571. The largest absolute Gasteiger partial charge is 0.455 e. The van der Waals surface area contributed by atoms with Gasteiger partial charge in [-0.2, -0.15) is 13.2 Å². The maximum Gasteiger partial charge on any atom is 0.426 e. The highest BCUT2D eigenvalue weighted by molar-refractivity contribution is 6.32. The van der Waals surface area contributed by atoms with Gasteiger partial charge in [0.1, 0.15) is 5.75 Å². The average molecular weight is 380 g/mol. The third-order valence-corrected chi connectivity index (χ3v) is 4.81. The van der Waals surface area contributed by atoms with E-state index in [2.05, 4.69) is 0 Å². The van der Waals surface area contributed by atoms with Crippen LogP contribution in [-0.2, 0) is 10.3 Å². The van der Waals surface area contributed by atoms with E-state index in [0.29, 0.717) is 5.69 Å². The summed E-state index contributed by atoms with van der Waals surface area (Å²) in [6.45, 7) is 0. The third-order valence-electron chi connectivity index (χ3n) is 4.51. The second-order valence-corrected chi connectivity index (χ2v) is 6.28. The fourth-order valence-electron chi connectivity index (χ4n) is 3.34. The Bertz CT molecular complexity index is 969. The van der Waals surface area contributed by atoms with Crippen LogP contribution in [0.25, 0.3) is 5.69 Å². The van der Waals surface area contributed by atoms with E-state index in [9.17, 15) is 13.2 Å². The number of hydrogen-bond acceptors (Lipinski definition) is 2. The van der Waals surface area contributed by atoms with Crippen LogP contribution in [0.15, 0.2) is 60.9 Å². The molecule has 7 heteroatoms. The Balaban J connectivity index is 2.01. The van der Waals surface area contributed by atoms with E-state index in [-0.39, 0.29) is 27.6 Å². The van der Waals surface area contributed by atoms with E-state index in [1.165, 1.54) is 24.3 Å². The van der Waals surface area contributed by atoms with Crippen molar-refractivity contribution in [3.8, 4) is 17.2 Å². The van der Waals surface area contributed by atoms with Gasteiger partial charge in [0.25, 0.3) is 0 Å². The summed E-state index contributed by atoms with van der Waals surface area (Å²) >= 11 is 6.13. The molecule has 2 aromatic carbocycles. The summed E-state index contributed by atoms with van der Waals surface area (Å²) in [5.41, 5.74) is -2.27. The molecule has 0 amide bonds. The summed E-state index contributed by atoms with van der Waals surface area (Å²) < 4.78 is 55.3. The summed E-state index contributed by atoms with van der Waals surface area (Å²) in [4.78, 5) is 0. The fourth-order valence-corrected chi connectivity index (χ4v) is 3.55. The Morgan fingerprint density at radius 1 is 1.04 bits per heavy atom. The molecule has 0 saturated carbocycles. The summed E-state index contributed by atoms with van der Waals surface area (Å²) in [7, 11) is 1.03. The Morgan fingerprint density at radius 2 is 1.77 bits per heavy atom. The molecule has 0 N–H and O–H groups in total. The number of hydrogen-bond donors (Lipinski definition) is 0. The summed E-state index contributed by atoms with van der Waals surface area (Å²) in [5.74, 6) is 0.00136. The van der Waals surface area contributed by atoms with Crippen LogP contribution in [0.4, 0.5) is 13.2 Å². The van der Waals surface area contributed by atoms with Crippen LogP contribution in [0.2, 0.25) is 5.02 Å². The fraction of sp³-hybridized carbons (Fsp3) is 0.158. The molecular formula is C19H13ClF3NO2. The molecule has 0 radical (unpaired) electrons. The number of alkyl halides is 3. The molecule has 0 unspecified atom stereocenters. The van der Waals surface area contributed by atoms with Gasteiger partial charge in [-0.1, -0.05) is 23.7 Å². The Kier molecular flexibility index (Phi) is 3.78. The van der Waals surface area contributed by atoms with Crippen LogP contribution in [0.5, 0.6) is 11.5 Å². The van der Waals surface area contributed by atoms with Crippen molar-refractivity contribution in [2.24, 2.45) is 0 Å². The zero-order chi connectivity index (χ0) is 18.5.